The standard InChI is InChI=1S/C18H24N4O3/c1-12-8-16(21-25-12)9-19-18(23)20-15-4-6-17(7-5-15)22-10-13(2)24-14(3)11-22/h4-8,13-14H,9-11H2,1-3H3,(H2,19,20,23)/t13-,14-/m1/s1. The number of ether oxygens (including phenoxy) is 1. The lowest BCUT2D eigenvalue weighted by molar-refractivity contribution is -0.00521. The third-order valence-electron chi connectivity index (χ3n) is 4.02. The van der Waals surface area contributed by atoms with E-state index in [1.807, 2.05) is 31.2 Å². The summed E-state index contributed by atoms with van der Waals surface area (Å²) in [5, 5.41) is 9.40. The molecule has 2 amide bonds. The first-order valence-corrected chi connectivity index (χ1v) is 8.47. The zero-order valence-corrected chi connectivity index (χ0v) is 14.8. The number of nitrogens with one attached hydrogen (secondary N) is 2. The number of urea groups is 1. The van der Waals surface area contributed by atoms with Crippen molar-refractivity contribution in [3.63, 3.8) is 0 Å². The molecule has 0 aliphatic carbocycles. The van der Waals surface area contributed by atoms with Gasteiger partial charge in [-0.1, -0.05) is 5.16 Å². The zero-order valence-electron chi connectivity index (χ0n) is 14.8. The summed E-state index contributed by atoms with van der Waals surface area (Å²) in [6.45, 7) is 8.04. The predicted octanol–water partition coefficient (Wildman–Crippen LogP) is 2.92. The van der Waals surface area contributed by atoms with Crippen LogP contribution in [0.3, 0.4) is 0 Å². The van der Waals surface area contributed by atoms with Crippen LogP contribution in [0.15, 0.2) is 34.9 Å². The fourth-order valence-electron chi connectivity index (χ4n) is 2.99. The maximum Gasteiger partial charge on any atom is 0.319 e. The Morgan fingerprint density at radius 1 is 1.24 bits per heavy atom. The smallest absolute Gasteiger partial charge is 0.319 e. The molecule has 7 nitrogen and oxygen atoms in total. The predicted molar refractivity (Wildman–Crippen MR) is 95.8 cm³/mol. The van der Waals surface area contributed by atoms with Crippen LogP contribution in [-0.2, 0) is 11.3 Å². The van der Waals surface area contributed by atoms with Crippen LogP contribution in [-0.4, -0.2) is 36.5 Å². The van der Waals surface area contributed by atoms with Crippen LogP contribution in [0.2, 0.25) is 0 Å². The van der Waals surface area contributed by atoms with Crippen LogP contribution in [0.5, 0.6) is 0 Å². The number of aryl methyl sites for hydroxylation is 1. The van der Waals surface area contributed by atoms with E-state index in [2.05, 4.69) is 34.5 Å². The summed E-state index contributed by atoms with van der Waals surface area (Å²) >= 11 is 0. The summed E-state index contributed by atoms with van der Waals surface area (Å²) < 4.78 is 10.7. The highest BCUT2D eigenvalue weighted by atomic mass is 16.5. The first kappa shape index (κ1) is 17.3. The van der Waals surface area contributed by atoms with Gasteiger partial charge >= 0.3 is 6.03 Å². The normalized spacial score (nSPS) is 20.4. The van der Waals surface area contributed by atoms with E-state index in [1.165, 1.54) is 0 Å². The lowest BCUT2D eigenvalue weighted by Gasteiger charge is -2.36. The van der Waals surface area contributed by atoms with E-state index in [9.17, 15) is 4.79 Å². The van der Waals surface area contributed by atoms with Gasteiger partial charge in [0.15, 0.2) is 0 Å². The molecular weight excluding hydrogens is 320 g/mol. The van der Waals surface area contributed by atoms with Gasteiger partial charge in [0.05, 0.1) is 18.8 Å². The number of anilines is 2. The summed E-state index contributed by atoms with van der Waals surface area (Å²) in [7, 11) is 0. The summed E-state index contributed by atoms with van der Waals surface area (Å²) in [5.41, 5.74) is 2.57. The minimum atomic E-state index is -0.276. The number of carbonyl (C=O) groups is 1. The SMILES string of the molecule is Cc1cc(CNC(=O)Nc2ccc(N3C[C@@H](C)O[C@H](C)C3)cc2)no1. The van der Waals surface area contributed by atoms with Gasteiger partial charge in [0.1, 0.15) is 11.5 Å². The average molecular weight is 344 g/mol. The van der Waals surface area contributed by atoms with Crippen LogP contribution in [0.4, 0.5) is 16.2 Å². The second-order valence-electron chi connectivity index (χ2n) is 6.45. The molecule has 0 unspecified atom stereocenters. The van der Waals surface area contributed by atoms with Gasteiger partial charge in [-0.15, -0.1) is 0 Å². The van der Waals surface area contributed by atoms with E-state index < -0.39 is 0 Å². The molecule has 1 saturated heterocycles. The van der Waals surface area contributed by atoms with Gasteiger partial charge in [-0.2, -0.15) is 0 Å². The number of rotatable bonds is 4. The maximum atomic E-state index is 12.0. The molecule has 1 aromatic carbocycles. The van der Waals surface area contributed by atoms with Gasteiger partial charge in [-0.3, -0.25) is 0 Å². The van der Waals surface area contributed by atoms with Crippen molar-refractivity contribution in [1.29, 1.82) is 0 Å². The van der Waals surface area contributed by atoms with Crippen molar-refractivity contribution in [2.24, 2.45) is 0 Å². The van der Waals surface area contributed by atoms with E-state index in [-0.39, 0.29) is 18.2 Å². The summed E-state index contributed by atoms with van der Waals surface area (Å²) in [5.74, 6) is 0.722. The van der Waals surface area contributed by atoms with Gasteiger partial charge in [-0.25, -0.2) is 4.79 Å². The fourth-order valence-corrected chi connectivity index (χ4v) is 2.99. The number of amides is 2. The van der Waals surface area contributed by atoms with Crippen molar-refractivity contribution in [1.82, 2.24) is 10.5 Å². The fraction of sp³-hybridized carbons (Fsp3) is 0.444. The Morgan fingerprint density at radius 2 is 1.92 bits per heavy atom. The molecule has 25 heavy (non-hydrogen) atoms. The first-order chi connectivity index (χ1) is 12.0. The third kappa shape index (κ3) is 4.73. The van der Waals surface area contributed by atoms with Gasteiger partial charge in [-0.05, 0) is 45.0 Å². The molecule has 7 heteroatoms. The molecule has 2 aromatic rings. The van der Waals surface area contributed by atoms with Crippen molar-refractivity contribution in [3.05, 3.63) is 41.8 Å². The van der Waals surface area contributed by atoms with Crippen molar-refractivity contribution < 1.29 is 14.1 Å². The van der Waals surface area contributed by atoms with E-state index >= 15 is 0 Å². The van der Waals surface area contributed by atoms with E-state index in [0.29, 0.717) is 12.2 Å². The number of nitrogens with zero attached hydrogens (tertiary/aromatic N) is 2. The molecule has 3 rings (SSSR count). The van der Waals surface area contributed by atoms with Gasteiger partial charge in [0.25, 0.3) is 0 Å². The Hall–Kier alpha value is -2.54. The lowest BCUT2D eigenvalue weighted by atomic mass is 10.2. The second kappa shape index (κ2) is 7.57. The van der Waals surface area contributed by atoms with Crippen LogP contribution in [0.25, 0.3) is 0 Å². The number of morpholine rings is 1. The van der Waals surface area contributed by atoms with Crippen molar-refractivity contribution in [2.75, 3.05) is 23.3 Å². The van der Waals surface area contributed by atoms with Crippen molar-refractivity contribution in [2.45, 2.75) is 39.5 Å². The lowest BCUT2D eigenvalue weighted by Crippen LogP contribution is -2.45. The van der Waals surface area contributed by atoms with Crippen LogP contribution >= 0.6 is 0 Å². The molecule has 0 saturated carbocycles. The average Bonchev–Trinajstić information content (AvgIpc) is 2.98. The van der Waals surface area contributed by atoms with Crippen LogP contribution < -0.4 is 15.5 Å². The van der Waals surface area contributed by atoms with Crippen LogP contribution in [0.1, 0.15) is 25.3 Å². The summed E-state index contributed by atoms with van der Waals surface area (Å²) in [6.07, 6.45) is 0.431. The molecule has 2 heterocycles. The largest absolute Gasteiger partial charge is 0.372 e. The van der Waals surface area contributed by atoms with E-state index in [4.69, 9.17) is 9.26 Å². The monoisotopic (exact) mass is 344 g/mol. The van der Waals surface area contributed by atoms with Gasteiger partial charge in [0.2, 0.25) is 0 Å². The molecule has 1 aliphatic rings. The second-order valence-corrected chi connectivity index (χ2v) is 6.45. The number of hydrogen-bond donors (Lipinski definition) is 2. The summed E-state index contributed by atoms with van der Waals surface area (Å²) in [6, 6.07) is 9.35. The highest BCUT2D eigenvalue weighted by Crippen LogP contribution is 2.22. The highest BCUT2D eigenvalue weighted by Gasteiger charge is 2.22. The Labute approximate surface area is 147 Å². The first-order valence-electron chi connectivity index (χ1n) is 8.47. The number of hydrogen-bond acceptors (Lipinski definition) is 5. The molecule has 0 bridgehead atoms. The Morgan fingerprint density at radius 3 is 2.52 bits per heavy atom. The molecule has 2 atom stereocenters. The number of benzene rings is 1. The molecule has 1 aromatic heterocycles. The Kier molecular flexibility index (Phi) is 5.23. The molecule has 0 radical (unpaired) electrons. The number of carbonyl (C=O) groups excluding carboxylic acids is 1. The Bertz CT molecular complexity index is 703. The van der Waals surface area contributed by atoms with Crippen molar-refractivity contribution in [3.8, 4) is 0 Å². The van der Waals surface area contributed by atoms with Crippen LogP contribution in [0, 0.1) is 6.92 Å². The summed E-state index contributed by atoms with van der Waals surface area (Å²) in [4.78, 5) is 14.3. The quantitative estimate of drug-likeness (QED) is 0.891. The number of aromatic nitrogens is 1. The topological polar surface area (TPSA) is 79.6 Å². The van der Waals surface area contributed by atoms with E-state index in [1.54, 1.807) is 6.07 Å². The molecule has 134 valence electrons. The third-order valence-corrected chi connectivity index (χ3v) is 4.02. The molecule has 1 fully saturated rings. The zero-order chi connectivity index (χ0) is 17.8. The molecule has 0 spiro atoms. The molecular formula is C18H24N4O3. The van der Waals surface area contributed by atoms with E-state index in [0.717, 1.165) is 30.2 Å². The van der Waals surface area contributed by atoms with Gasteiger partial charge in [0, 0.05) is 30.5 Å². The van der Waals surface area contributed by atoms with Crippen molar-refractivity contribution >= 4 is 17.4 Å². The molecule has 1 aliphatic heterocycles. The Balaban J connectivity index is 1.52. The van der Waals surface area contributed by atoms with Gasteiger partial charge < -0.3 is 24.8 Å². The maximum absolute atomic E-state index is 12.0. The minimum absolute atomic E-state index is 0.215. The molecule has 2 N–H and O–H groups in total. The minimum Gasteiger partial charge on any atom is -0.372 e. The highest BCUT2D eigenvalue weighted by molar-refractivity contribution is 5.89.